The first-order valence-corrected chi connectivity index (χ1v) is 6.78. The average Bonchev–Trinajstić information content (AvgIpc) is 2.50. The molecule has 1 heterocycles. The molecule has 1 saturated heterocycles. The molecule has 1 aromatic carbocycles. The summed E-state index contributed by atoms with van der Waals surface area (Å²) in [7, 11) is 0. The number of benzene rings is 1. The highest BCUT2D eigenvalue weighted by molar-refractivity contribution is 5.94. The van der Waals surface area contributed by atoms with Crippen LogP contribution in [0, 0.1) is 17.5 Å². The standard InChI is InChI=1S/C14H17F3N2O2/c1-2-19-3-4-21-10(8-19)7-18-14(20)9-5-11(15)13(17)12(16)6-9/h5-6,10H,2-4,7-8H2,1H3,(H,18,20). The Balaban J connectivity index is 1.93. The smallest absolute Gasteiger partial charge is 0.251 e. The van der Waals surface area contributed by atoms with Gasteiger partial charge in [-0.25, -0.2) is 13.2 Å². The van der Waals surface area contributed by atoms with Crippen molar-refractivity contribution in [3.8, 4) is 0 Å². The Labute approximate surface area is 120 Å². The molecular weight excluding hydrogens is 285 g/mol. The van der Waals surface area contributed by atoms with Gasteiger partial charge >= 0.3 is 0 Å². The predicted molar refractivity (Wildman–Crippen MR) is 70.5 cm³/mol. The monoisotopic (exact) mass is 302 g/mol. The van der Waals surface area contributed by atoms with Gasteiger partial charge in [0.05, 0.1) is 12.7 Å². The second-order valence-electron chi connectivity index (χ2n) is 4.85. The number of carbonyl (C=O) groups is 1. The van der Waals surface area contributed by atoms with Gasteiger partial charge in [-0.15, -0.1) is 0 Å². The molecule has 2 rings (SSSR count). The number of amides is 1. The van der Waals surface area contributed by atoms with E-state index in [2.05, 4.69) is 10.2 Å². The molecule has 1 fully saturated rings. The number of nitrogens with one attached hydrogen (secondary N) is 1. The lowest BCUT2D eigenvalue weighted by molar-refractivity contribution is -0.0246. The number of rotatable bonds is 4. The Kier molecular flexibility index (Phi) is 5.19. The van der Waals surface area contributed by atoms with Crippen LogP contribution in [-0.4, -0.2) is 49.7 Å². The zero-order valence-corrected chi connectivity index (χ0v) is 11.7. The minimum Gasteiger partial charge on any atom is -0.374 e. The molecular formula is C14H17F3N2O2. The van der Waals surface area contributed by atoms with E-state index in [0.29, 0.717) is 25.3 Å². The molecule has 1 aromatic rings. The fraction of sp³-hybridized carbons (Fsp3) is 0.500. The fourth-order valence-corrected chi connectivity index (χ4v) is 2.19. The second kappa shape index (κ2) is 6.91. The van der Waals surface area contributed by atoms with Gasteiger partial charge in [-0.2, -0.15) is 0 Å². The molecule has 1 N–H and O–H groups in total. The first-order chi connectivity index (χ1) is 10.0. The zero-order chi connectivity index (χ0) is 15.4. The largest absolute Gasteiger partial charge is 0.374 e. The molecule has 1 amide bonds. The maximum absolute atomic E-state index is 13.1. The minimum atomic E-state index is -1.58. The summed E-state index contributed by atoms with van der Waals surface area (Å²) in [4.78, 5) is 14.0. The maximum atomic E-state index is 13.1. The van der Waals surface area contributed by atoms with Gasteiger partial charge in [-0.1, -0.05) is 6.92 Å². The van der Waals surface area contributed by atoms with E-state index in [1.54, 1.807) is 0 Å². The average molecular weight is 302 g/mol. The Morgan fingerprint density at radius 1 is 1.38 bits per heavy atom. The summed E-state index contributed by atoms with van der Waals surface area (Å²) < 4.78 is 44.5. The Bertz CT molecular complexity index is 502. The summed E-state index contributed by atoms with van der Waals surface area (Å²) in [6, 6.07) is 1.35. The molecule has 1 aliphatic rings. The van der Waals surface area contributed by atoms with Crippen molar-refractivity contribution in [3.05, 3.63) is 35.1 Å². The number of halogens is 3. The summed E-state index contributed by atoms with van der Waals surface area (Å²) >= 11 is 0. The Hall–Kier alpha value is -1.60. The molecule has 1 unspecified atom stereocenters. The van der Waals surface area contributed by atoms with Crippen molar-refractivity contribution in [2.45, 2.75) is 13.0 Å². The van der Waals surface area contributed by atoms with Gasteiger partial charge in [0.25, 0.3) is 5.91 Å². The molecule has 0 aliphatic carbocycles. The van der Waals surface area contributed by atoms with Gasteiger partial charge < -0.3 is 10.1 Å². The molecule has 4 nitrogen and oxygen atoms in total. The first kappa shape index (κ1) is 15.8. The highest BCUT2D eigenvalue weighted by Gasteiger charge is 2.21. The van der Waals surface area contributed by atoms with Crippen LogP contribution in [0.4, 0.5) is 13.2 Å². The van der Waals surface area contributed by atoms with Crippen molar-refractivity contribution in [1.29, 1.82) is 0 Å². The molecule has 1 atom stereocenters. The number of ether oxygens (including phenoxy) is 1. The van der Waals surface area contributed by atoms with Gasteiger partial charge in [0.1, 0.15) is 0 Å². The number of hydrogen-bond donors (Lipinski definition) is 1. The number of nitrogens with zero attached hydrogens (tertiary/aromatic N) is 1. The quantitative estimate of drug-likeness (QED) is 0.858. The summed E-state index contributed by atoms with van der Waals surface area (Å²) in [6.45, 7) is 5.26. The SMILES string of the molecule is CCN1CCOC(CNC(=O)c2cc(F)c(F)c(F)c2)C1. The predicted octanol–water partition coefficient (Wildman–Crippen LogP) is 1.55. The fourth-order valence-electron chi connectivity index (χ4n) is 2.19. The van der Waals surface area contributed by atoms with E-state index >= 15 is 0 Å². The van der Waals surface area contributed by atoms with E-state index in [1.807, 2.05) is 6.92 Å². The lowest BCUT2D eigenvalue weighted by Crippen LogP contribution is -2.47. The van der Waals surface area contributed by atoms with Crippen LogP contribution in [-0.2, 0) is 4.74 Å². The Morgan fingerprint density at radius 3 is 2.67 bits per heavy atom. The highest BCUT2D eigenvalue weighted by Crippen LogP contribution is 2.13. The third kappa shape index (κ3) is 3.95. The van der Waals surface area contributed by atoms with E-state index in [1.165, 1.54) is 0 Å². The van der Waals surface area contributed by atoms with Gasteiger partial charge in [0.2, 0.25) is 0 Å². The topological polar surface area (TPSA) is 41.6 Å². The van der Waals surface area contributed by atoms with Crippen LogP contribution in [0.1, 0.15) is 17.3 Å². The normalized spacial score (nSPS) is 19.5. The summed E-state index contributed by atoms with van der Waals surface area (Å²) in [5.74, 6) is -5.01. The first-order valence-electron chi connectivity index (χ1n) is 6.78. The van der Waals surface area contributed by atoms with Crippen molar-refractivity contribution >= 4 is 5.91 Å². The summed E-state index contributed by atoms with van der Waals surface area (Å²) in [5, 5.41) is 2.54. The van der Waals surface area contributed by atoms with Crippen molar-refractivity contribution in [1.82, 2.24) is 10.2 Å². The van der Waals surface area contributed by atoms with Crippen LogP contribution >= 0.6 is 0 Å². The Morgan fingerprint density at radius 2 is 2.05 bits per heavy atom. The van der Waals surface area contributed by atoms with Crippen molar-refractivity contribution in [2.75, 3.05) is 32.8 Å². The van der Waals surface area contributed by atoms with Gasteiger partial charge in [-0.05, 0) is 18.7 Å². The van der Waals surface area contributed by atoms with Crippen LogP contribution < -0.4 is 5.32 Å². The van der Waals surface area contributed by atoms with E-state index < -0.39 is 23.4 Å². The van der Waals surface area contributed by atoms with E-state index in [9.17, 15) is 18.0 Å². The van der Waals surface area contributed by atoms with E-state index in [0.717, 1.165) is 13.1 Å². The molecule has 116 valence electrons. The molecule has 7 heteroatoms. The minimum absolute atomic E-state index is 0.169. The van der Waals surface area contributed by atoms with Crippen molar-refractivity contribution < 1.29 is 22.7 Å². The van der Waals surface area contributed by atoms with Crippen LogP contribution in [0.15, 0.2) is 12.1 Å². The van der Waals surface area contributed by atoms with Crippen LogP contribution in [0.5, 0.6) is 0 Å². The molecule has 0 radical (unpaired) electrons. The van der Waals surface area contributed by atoms with Crippen LogP contribution in [0.2, 0.25) is 0 Å². The number of hydrogen-bond acceptors (Lipinski definition) is 3. The van der Waals surface area contributed by atoms with Gasteiger partial charge in [-0.3, -0.25) is 9.69 Å². The lowest BCUT2D eigenvalue weighted by Gasteiger charge is -2.32. The molecule has 21 heavy (non-hydrogen) atoms. The highest BCUT2D eigenvalue weighted by atomic mass is 19.2. The summed E-state index contributed by atoms with van der Waals surface area (Å²) in [6.07, 6.45) is -0.169. The molecule has 0 bridgehead atoms. The third-order valence-corrected chi connectivity index (χ3v) is 3.41. The molecule has 0 spiro atoms. The maximum Gasteiger partial charge on any atom is 0.251 e. The summed E-state index contributed by atoms with van der Waals surface area (Å²) in [5.41, 5.74) is -0.255. The van der Waals surface area contributed by atoms with Crippen LogP contribution in [0.25, 0.3) is 0 Å². The van der Waals surface area contributed by atoms with Gasteiger partial charge in [0, 0.05) is 25.2 Å². The van der Waals surface area contributed by atoms with E-state index in [-0.39, 0.29) is 18.2 Å². The third-order valence-electron chi connectivity index (χ3n) is 3.41. The van der Waals surface area contributed by atoms with Crippen molar-refractivity contribution in [2.24, 2.45) is 0 Å². The van der Waals surface area contributed by atoms with E-state index in [4.69, 9.17) is 4.74 Å². The number of carbonyl (C=O) groups excluding carboxylic acids is 1. The molecule has 0 aromatic heterocycles. The zero-order valence-electron chi connectivity index (χ0n) is 11.7. The second-order valence-corrected chi connectivity index (χ2v) is 4.85. The molecule has 1 aliphatic heterocycles. The van der Waals surface area contributed by atoms with Crippen LogP contribution in [0.3, 0.4) is 0 Å². The lowest BCUT2D eigenvalue weighted by atomic mass is 10.2. The van der Waals surface area contributed by atoms with Crippen molar-refractivity contribution in [3.63, 3.8) is 0 Å². The van der Waals surface area contributed by atoms with Gasteiger partial charge in [0.15, 0.2) is 17.5 Å². The number of likely N-dealkylation sites (N-methyl/N-ethyl adjacent to an activating group) is 1. The molecule has 0 saturated carbocycles. The number of morpholine rings is 1.